The third kappa shape index (κ3) is 3.76. The molecule has 0 unspecified atom stereocenters. The summed E-state index contributed by atoms with van der Waals surface area (Å²) in [6, 6.07) is 11.2. The number of nitrogens with zero attached hydrogens (tertiary/aromatic N) is 1. The van der Waals surface area contributed by atoms with Crippen LogP contribution in [0.15, 0.2) is 36.5 Å². The van der Waals surface area contributed by atoms with Crippen molar-refractivity contribution in [3.8, 4) is 0 Å². The van der Waals surface area contributed by atoms with Crippen molar-refractivity contribution in [2.45, 2.75) is 44.7 Å². The molecular formula is C17H23N3S. The second-order valence-corrected chi connectivity index (χ2v) is 6.21. The molecule has 1 heterocycles. The van der Waals surface area contributed by atoms with Crippen molar-refractivity contribution in [1.29, 1.82) is 0 Å². The van der Waals surface area contributed by atoms with E-state index < -0.39 is 0 Å². The van der Waals surface area contributed by atoms with Gasteiger partial charge in [-0.3, -0.25) is 0 Å². The van der Waals surface area contributed by atoms with Gasteiger partial charge in [0.2, 0.25) is 0 Å². The van der Waals surface area contributed by atoms with Crippen molar-refractivity contribution in [1.82, 2.24) is 15.2 Å². The van der Waals surface area contributed by atoms with Gasteiger partial charge >= 0.3 is 0 Å². The van der Waals surface area contributed by atoms with Crippen molar-refractivity contribution in [3.05, 3.63) is 36.5 Å². The zero-order valence-corrected chi connectivity index (χ0v) is 13.2. The van der Waals surface area contributed by atoms with E-state index in [4.69, 9.17) is 12.2 Å². The predicted molar refractivity (Wildman–Crippen MR) is 92.5 cm³/mol. The number of nitrogens with one attached hydrogen (secondary N) is 2. The Bertz CT molecular complexity index is 599. The molecule has 112 valence electrons. The van der Waals surface area contributed by atoms with E-state index >= 15 is 0 Å². The highest BCUT2D eigenvalue weighted by Crippen LogP contribution is 2.17. The van der Waals surface area contributed by atoms with Crippen LogP contribution in [0.1, 0.15) is 32.1 Å². The van der Waals surface area contributed by atoms with Gasteiger partial charge in [0.15, 0.2) is 5.11 Å². The zero-order valence-electron chi connectivity index (χ0n) is 12.3. The first-order chi connectivity index (χ1) is 10.3. The summed E-state index contributed by atoms with van der Waals surface area (Å²) in [5.41, 5.74) is 1.28. The van der Waals surface area contributed by atoms with Crippen molar-refractivity contribution < 1.29 is 0 Å². The van der Waals surface area contributed by atoms with Crippen LogP contribution >= 0.6 is 12.2 Å². The monoisotopic (exact) mass is 301 g/mol. The highest BCUT2D eigenvalue weighted by Gasteiger charge is 2.13. The minimum Gasteiger partial charge on any atom is -0.361 e. The molecular weight excluding hydrogens is 278 g/mol. The maximum absolute atomic E-state index is 5.39. The lowest BCUT2D eigenvalue weighted by Crippen LogP contribution is -2.43. The summed E-state index contributed by atoms with van der Waals surface area (Å²) in [7, 11) is 0. The molecule has 0 spiro atoms. The third-order valence-corrected chi connectivity index (χ3v) is 4.52. The number of fused-ring (bicyclic) bond motifs is 1. The largest absolute Gasteiger partial charge is 0.361 e. The van der Waals surface area contributed by atoms with Crippen LogP contribution in [-0.4, -0.2) is 22.3 Å². The molecule has 0 amide bonds. The fourth-order valence-corrected chi connectivity index (χ4v) is 3.38. The van der Waals surface area contributed by atoms with Gasteiger partial charge < -0.3 is 15.2 Å². The first-order valence-electron chi connectivity index (χ1n) is 7.91. The Morgan fingerprint density at radius 3 is 2.81 bits per heavy atom. The lowest BCUT2D eigenvalue weighted by molar-refractivity contribution is 0.412. The standard InChI is InChI=1S/C17H23N3S/c21-17(19-15-7-2-1-3-8-15)18-11-13-20-12-10-14-6-4-5-9-16(14)20/h4-6,9-10,12,15H,1-3,7-8,11,13H2,(H2,18,19,21). The lowest BCUT2D eigenvalue weighted by Gasteiger charge is -2.24. The van der Waals surface area contributed by atoms with Crippen LogP contribution < -0.4 is 10.6 Å². The highest BCUT2D eigenvalue weighted by molar-refractivity contribution is 7.80. The summed E-state index contributed by atoms with van der Waals surface area (Å²) in [6.45, 7) is 1.79. The predicted octanol–water partition coefficient (Wildman–Crippen LogP) is 3.44. The van der Waals surface area contributed by atoms with E-state index in [9.17, 15) is 0 Å². The molecule has 3 rings (SSSR count). The third-order valence-electron chi connectivity index (χ3n) is 4.26. The fourth-order valence-electron chi connectivity index (χ4n) is 3.11. The molecule has 2 aromatic rings. The molecule has 1 aromatic carbocycles. The average Bonchev–Trinajstić information content (AvgIpc) is 2.92. The van der Waals surface area contributed by atoms with Crippen molar-refractivity contribution in [3.63, 3.8) is 0 Å². The number of benzene rings is 1. The van der Waals surface area contributed by atoms with Crippen molar-refractivity contribution >= 4 is 28.2 Å². The summed E-state index contributed by atoms with van der Waals surface area (Å²) in [5.74, 6) is 0. The van der Waals surface area contributed by atoms with Crippen LogP contribution in [0.2, 0.25) is 0 Å². The van der Waals surface area contributed by atoms with Crippen molar-refractivity contribution in [2.75, 3.05) is 6.54 Å². The Hall–Kier alpha value is -1.55. The van der Waals surface area contributed by atoms with Gasteiger partial charge in [-0.2, -0.15) is 0 Å². The molecule has 0 saturated heterocycles. The van der Waals surface area contributed by atoms with E-state index in [0.717, 1.165) is 18.2 Å². The molecule has 1 saturated carbocycles. The SMILES string of the molecule is S=C(NCCn1ccc2ccccc21)NC1CCCCC1. The molecule has 2 N–H and O–H groups in total. The van der Waals surface area contributed by atoms with Gasteiger partial charge in [0, 0.05) is 30.8 Å². The second-order valence-electron chi connectivity index (χ2n) is 5.80. The minimum atomic E-state index is 0.575. The molecule has 0 bridgehead atoms. The van der Waals surface area contributed by atoms with Crippen LogP contribution in [0, 0.1) is 0 Å². The van der Waals surface area contributed by atoms with E-state index in [1.54, 1.807) is 0 Å². The Morgan fingerprint density at radius 1 is 1.14 bits per heavy atom. The van der Waals surface area contributed by atoms with Crippen LogP contribution in [0.25, 0.3) is 10.9 Å². The molecule has 1 aromatic heterocycles. The molecule has 3 nitrogen and oxygen atoms in total. The van der Waals surface area contributed by atoms with E-state index in [1.165, 1.54) is 43.0 Å². The number of rotatable bonds is 4. The molecule has 4 heteroatoms. The van der Waals surface area contributed by atoms with Gasteiger partial charge in [0.1, 0.15) is 0 Å². The number of thiocarbonyl (C=S) groups is 1. The minimum absolute atomic E-state index is 0.575. The maximum Gasteiger partial charge on any atom is 0.166 e. The first kappa shape index (κ1) is 14.4. The van der Waals surface area contributed by atoms with Crippen LogP contribution in [0.4, 0.5) is 0 Å². The zero-order chi connectivity index (χ0) is 14.5. The average molecular weight is 301 g/mol. The Morgan fingerprint density at radius 2 is 1.95 bits per heavy atom. The summed E-state index contributed by atoms with van der Waals surface area (Å²) in [6.07, 6.45) is 8.68. The van der Waals surface area contributed by atoms with E-state index in [2.05, 4.69) is 51.7 Å². The second kappa shape index (κ2) is 6.94. The number of para-hydroxylation sites is 1. The number of aromatic nitrogens is 1. The molecule has 1 aliphatic carbocycles. The quantitative estimate of drug-likeness (QED) is 0.848. The summed E-state index contributed by atoms with van der Waals surface area (Å²) in [4.78, 5) is 0. The van der Waals surface area contributed by atoms with Crippen molar-refractivity contribution in [2.24, 2.45) is 0 Å². The van der Waals surface area contributed by atoms with Gasteiger partial charge in [-0.1, -0.05) is 37.5 Å². The van der Waals surface area contributed by atoms with E-state index in [1.807, 2.05) is 0 Å². The molecule has 1 fully saturated rings. The van der Waals surface area contributed by atoms with Crippen LogP contribution in [0.5, 0.6) is 0 Å². The Balaban J connectivity index is 1.46. The van der Waals surface area contributed by atoms with Gasteiger partial charge in [-0.05, 0) is 42.6 Å². The van der Waals surface area contributed by atoms with Gasteiger partial charge in [0.25, 0.3) is 0 Å². The van der Waals surface area contributed by atoms with Gasteiger partial charge in [-0.15, -0.1) is 0 Å². The Kier molecular flexibility index (Phi) is 4.76. The van der Waals surface area contributed by atoms with Crippen LogP contribution in [0.3, 0.4) is 0 Å². The molecule has 21 heavy (non-hydrogen) atoms. The molecule has 1 aliphatic rings. The number of hydrogen-bond acceptors (Lipinski definition) is 1. The smallest absolute Gasteiger partial charge is 0.166 e. The van der Waals surface area contributed by atoms with Gasteiger partial charge in [-0.25, -0.2) is 0 Å². The first-order valence-corrected chi connectivity index (χ1v) is 8.32. The van der Waals surface area contributed by atoms with Gasteiger partial charge in [0.05, 0.1) is 0 Å². The molecule has 0 atom stereocenters. The summed E-state index contributed by atoms with van der Waals surface area (Å²) in [5, 5.41) is 8.88. The summed E-state index contributed by atoms with van der Waals surface area (Å²) >= 11 is 5.39. The topological polar surface area (TPSA) is 29.0 Å². The number of hydrogen-bond donors (Lipinski definition) is 2. The fraction of sp³-hybridized carbons (Fsp3) is 0.471. The maximum atomic E-state index is 5.39. The Labute approximate surface area is 131 Å². The highest BCUT2D eigenvalue weighted by atomic mass is 32.1. The van der Waals surface area contributed by atoms with E-state index in [-0.39, 0.29) is 0 Å². The van der Waals surface area contributed by atoms with E-state index in [0.29, 0.717) is 6.04 Å². The summed E-state index contributed by atoms with van der Waals surface area (Å²) < 4.78 is 2.27. The van der Waals surface area contributed by atoms with Crippen LogP contribution in [-0.2, 0) is 6.54 Å². The molecule has 0 radical (unpaired) electrons. The molecule has 0 aliphatic heterocycles. The lowest BCUT2D eigenvalue weighted by atomic mass is 9.96. The normalized spacial score (nSPS) is 16.0.